The van der Waals surface area contributed by atoms with Gasteiger partial charge in [-0.25, -0.2) is 9.78 Å². The minimum absolute atomic E-state index is 0.0345. The van der Waals surface area contributed by atoms with Crippen molar-refractivity contribution in [3.63, 3.8) is 0 Å². The van der Waals surface area contributed by atoms with Gasteiger partial charge in [0.15, 0.2) is 0 Å². The first-order valence-electron chi connectivity index (χ1n) is 7.58. The van der Waals surface area contributed by atoms with Crippen LogP contribution in [0.5, 0.6) is 5.88 Å². The number of hydrogen-bond acceptors (Lipinski definition) is 7. The van der Waals surface area contributed by atoms with E-state index in [0.29, 0.717) is 38.0 Å². The van der Waals surface area contributed by atoms with Crippen molar-refractivity contribution < 1.29 is 19.1 Å². The predicted octanol–water partition coefficient (Wildman–Crippen LogP) is -1.27. The maximum atomic E-state index is 12.3. The molecule has 128 valence electrons. The van der Waals surface area contributed by atoms with Crippen LogP contribution in [0.15, 0.2) is 12.3 Å². The van der Waals surface area contributed by atoms with Crippen molar-refractivity contribution in [3.05, 3.63) is 12.3 Å². The van der Waals surface area contributed by atoms with Crippen LogP contribution in [-0.4, -0.2) is 72.0 Å². The van der Waals surface area contributed by atoms with Gasteiger partial charge in [0.2, 0.25) is 17.7 Å². The summed E-state index contributed by atoms with van der Waals surface area (Å²) in [6, 6.07) is 0.326. The van der Waals surface area contributed by atoms with E-state index in [2.05, 4.69) is 20.6 Å². The van der Waals surface area contributed by atoms with Crippen LogP contribution in [0.2, 0.25) is 0 Å². The number of carbonyl (C=O) groups is 3. The Morgan fingerprint density at radius 2 is 2.08 bits per heavy atom. The van der Waals surface area contributed by atoms with Crippen molar-refractivity contribution in [1.29, 1.82) is 0 Å². The summed E-state index contributed by atoms with van der Waals surface area (Å²) in [6.45, 7) is 2.17. The minimum atomic E-state index is -0.787. The zero-order valence-electron chi connectivity index (χ0n) is 13.2. The Balaban J connectivity index is 1.53. The molecule has 2 N–H and O–H groups in total. The Hall–Kier alpha value is -2.91. The fourth-order valence-corrected chi connectivity index (χ4v) is 2.66. The standard InChI is InChI=1S/C14H18N6O4/c1-24-10-2-3-15-13(17-10)20-6-4-19(5-7-20)11(21)8-9-12(22)18-14(23)16-9/h2-3,9H,4-8H2,1H3,(H2,16,18,22,23)/t9-/m1/s1. The van der Waals surface area contributed by atoms with E-state index in [0.717, 1.165) is 0 Å². The first-order valence-corrected chi connectivity index (χ1v) is 7.58. The highest BCUT2D eigenvalue weighted by atomic mass is 16.5. The smallest absolute Gasteiger partial charge is 0.322 e. The highest BCUT2D eigenvalue weighted by Crippen LogP contribution is 2.15. The van der Waals surface area contributed by atoms with Crippen LogP contribution < -0.4 is 20.3 Å². The molecule has 24 heavy (non-hydrogen) atoms. The summed E-state index contributed by atoms with van der Waals surface area (Å²) in [6.07, 6.45) is 1.59. The van der Waals surface area contributed by atoms with Gasteiger partial charge in [0.1, 0.15) is 6.04 Å². The number of carbonyl (C=O) groups excluding carboxylic acids is 3. The Morgan fingerprint density at radius 3 is 2.71 bits per heavy atom. The van der Waals surface area contributed by atoms with Crippen molar-refractivity contribution in [2.75, 3.05) is 38.2 Å². The lowest BCUT2D eigenvalue weighted by atomic mass is 10.2. The van der Waals surface area contributed by atoms with E-state index in [4.69, 9.17) is 4.74 Å². The molecule has 0 spiro atoms. The van der Waals surface area contributed by atoms with E-state index in [1.165, 1.54) is 0 Å². The number of rotatable bonds is 4. The van der Waals surface area contributed by atoms with Gasteiger partial charge in [0.25, 0.3) is 5.91 Å². The fourth-order valence-electron chi connectivity index (χ4n) is 2.66. The number of nitrogens with one attached hydrogen (secondary N) is 2. The zero-order valence-corrected chi connectivity index (χ0v) is 13.2. The number of imide groups is 1. The molecule has 2 fully saturated rings. The predicted molar refractivity (Wildman–Crippen MR) is 82.5 cm³/mol. The van der Waals surface area contributed by atoms with E-state index < -0.39 is 18.0 Å². The van der Waals surface area contributed by atoms with Gasteiger partial charge in [0, 0.05) is 38.4 Å². The molecule has 2 saturated heterocycles. The molecule has 1 aromatic rings. The molecule has 0 aromatic carbocycles. The van der Waals surface area contributed by atoms with Crippen molar-refractivity contribution >= 4 is 23.8 Å². The molecular weight excluding hydrogens is 316 g/mol. The number of methoxy groups -OCH3 is 1. The molecule has 0 radical (unpaired) electrons. The third kappa shape index (κ3) is 3.36. The second kappa shape index (κ2) is 6.69. The van der Waals surface area contributed by atoms with Gasteiger partial charge < -0.3 is 19.9 Å². The first-order chi connectivity index (χ1) is 11.6. The molecule has 0 aliphatic carbocycles. The lowest BCUT2D eigenvalue weighted by molar-refractivity contribution is -0.134. The molecule has 4 amide bonds. The molecule has 0 saturated carbocycles. The number of aromatic nitrogens is 2. The first kappa shape index (κ1) is 16.0. The third-order valence-electron chi connectivity index (χ3n) is 3.98. The molecule has 10 heteroatoms. The van der Waals surface area contributed by atoms with Crippen molar-refractivity contribution in [3.8, 4) is 5.88 Å². The van der Waals surface area contributed by atoms with Crippen LogP contribution in [0.25, 0.3) is 0 Å². The van der Waals surface area contributed by atoms with Gasteiger partial charge in [-0.15, -0.1) is 0 Å². The van der Waals surface area contributed by atoms with Gasteiger partial charge in [-0.05, 0) is 0 Å². The maximum Gasteiger partial charge on any atom is 0.322 e. The molecule has 1 atom stereocenters. The van der Waals surface area contributed by atoms with E-state index in [9.17, 15) is 14.4 Å². The Kier molecular flexibility index (Phi) is 4.45. The highest BCUT2D eigenvalue weighted by molar-refractivity contribution is 6.05. The van der Waals surface area contributed by atoms with Crippen LogP contribution >= 0.6 is 0 Å². The Bertz CT molecular complexity index is 658. The van der Waals surface area contributed by atoms with Gasteiger partial charge >= 0.3 is 6.03 Å². The van der Waals surface area contributed by atoms with Crippen LogP contribution in [0.4, 0.5) is 10.7 Å². The van der Waals surface area contributed by atoms with Gasteiger partial charge in [-0.2, -0.15) is 4.98 Å². The molecule has 2 aliphatic heterocycles. The number of nitrogens with zero attached hydrogens (tertiary/aromatic N) is 4. The summed E-state index contributed by atoms with van der Waals surface area (Å²) in [5.74, 6) is 0.422. The molecule has 10 nitrogen and oxygen atoms in total. The Morgan fingerprint density at radius 1 is 1.33 bits per heavy atom. The topological polar surface area (TPSA) is 117 Å². The van der Waals surface area contributed by atoms with Crippen LogP contribution in [0, 0.1) is 0 Å². The second-order valence-corrected chi connectivity index (χ2v) is 5.49. The molecule has 2 aliphatic rings. The van der Waals surface area contributed by atoms with E-state index in [1.807, 2.05) is 4.90 Å². The van der Waals surface area contributed by atoms with Crippen molar-refractivity contribution in [1.82, 2.24) is 25.5 Å². The molecule has 0 unspecified atom stereocenters. The van der Waals surface area contributed by atoms with Crippen molar-refractivity contribution in [2.45, 2.75) is 12.5 Å². The van der Waals surface area contributed by atoms with Crippen LogP contribution in [-0.2, 0) is 9.59 Å². The molecule has 1 aromatic heterocycles. The van der Waals surface area contributed by atoms with E-state index in [1.54, 1.807) is 24.3 Å². The molecule has 3 heterocycles. The largest absolute Gasteiger partial charge is 0.481 e. The summed E-state index contributed by atoms with van der Waals surface area (Å²) >= 11 is 0. The number of ether oxygens (including phenoxy) is 1. The van der Waals surface area contributed by atoms with Gasteiger partial charge in [0.05, 0.1) is 13.5 Å². The van der Waals surface area contributed by atoms with Crippen molar-refractivity contribution in [2.24, 2.45) is 0 Å². The van der Waals surface area contributed by atoms with E-state index in [-0.39, 0.29) is 12.3 Å². The number of urea groups is 1. The monoisotopic (exact) mass is 334 g/mol. The molecule has 0 bridgehead atoms. The second-order valence-electron chi connectivity index (χ2n) is 5.49. The Labute approximate surface area is 138 Å². The quantitative estimate of drug-likeness (QED) is 0.660. The summed E-state index contributed by atoms with van der Waals surface area (Å²) in [7, 11) is 1.54. The average Bonchev–Trinajstić information content (AvgIpc) is 2.92. The minimum Gasteiger partial charge on any atom is -0.481 e. The van der Waals surface area contributed by atoms with E-state index >= 15 is 0 Å². The maximum absolute atomic E-state index is 12.3. The molecule has 3 rings (SSSR count). The van der Waals surface area contributed by atoms with Gasteiger partial charge in [-0.1, -0.05) is 0 Å². The number of hydrogen-bond donors (Lipinski definition) is 2. The lowest BCUT2D eigenvalue weighted by Crippen LogP contribution is -2.50. The fraction of sp³-hybridized carbons (Fsp3) is 0.500. The zero-order chi connectivity index (χ0) is 17.1. The number of amides is 4. The van der Waals surface area contributed by atoms with Crippen LogP contribution in [0.1, 0.15) is 6.42 Å². The summed E-state index contributed by atoms with van der Waals surface area (Å²) < 4.78 is 5.08. The number of piperazine rings is 1. The highest BCUT2D eigenvalue weighted by Gasteiger charge is 2.33. The summed E-state index contributed by atoms with van der Waals surface area (Å²) in [4.78, 5) is 47.0. The molecular formula is C14H18N6O4. The van der Waals surface area contributed by atoms with Gasteiger partial charge in [-0.3, -0.25) is 14.9 Å². The van der Waals surface area contributed by atoms with Crippen LogP contribution in [0.3, 0.4) is 0 Å². The lowest BCUT2D eigenvalue weighted by Gasteiger charge is -2.35. The number of anilines is 1. The SMILES string of the molecule is COc1ccnc(N2CCN(C(=O)C[C@H]3NC(=O)NC3=O)CC2)n1. The average molecular weight is 334 g/mol. The third-order valence-corrected chi connectivity index (χ3v) is 3.98. The normalized spacial score (nSPS) is 20.6. The summed E-state index contributed by atoms with van der Waals surface area (Å²) in [5.41, 5.74) is 0. The summed E-state index contributed by atoms with van der Waals surface area (Å²) in [5, 5.41) is 4.55.